The molecule has 0 aromatic carbocycles. The van der Waals surface area contributed by atoms with Crippen molar-refractivity contribution in [3.05, 3.63) is 11.8 Å². The molecule has 3 saturated heterocycles. The molecule has 0 aliphatic carbocycles. The summed E-state index contributed by atoms with van der Waals surface area (Å²) >= 11 is 0. The highest BCUT2D eigenvalue weighted by Gasteiger charge is 2.55. The number of rotatable bonds is 14. The molecule has 4 heterocycles. The average molecular weight is 811 g/mol. The zero-order chi connectivity index (χ0) is 41.6. The third-order valence-electron chi connectivity index (χ3n) is 9.24. The van der Waals surface area contributed by atoms with Crippen LogP contribution >= 0.6 is 0 Å². The second-order valence-electron chi connectivity index (χ2n) is 13.5. The molecule has 12 N–H and O–H groups in total. The molecule has 0 radical (unpaired) electrons. The second kappa shape index (κ2) is 19.8. The maximum Gasteiger partial charge on any atom is 0.355 e. The van der Waals surface area contributed by atoms with Crippen LogP contribution in [0, 0.1) is 0 Å². The molecule has 24 heteroatoms. The van der Waals surface area contributed by atoms with E-state index in [1.807, 2.05) is 0 Å². The van der Waals surface area contributed by atoms with E-state index in [0.717, 1.165) is 33.8 Å². The minimum Gasteiger partial charge on any atom is -0.452 e. The number of aliphatic hydroxyl groups excluding tert-OH is 8. The van der Waals surface area contributed by atoms with Crippen LogP contribution in [-0.2, 0) is 57.1 Å². The molecule has 0 bridgehead atoms. The van der Waals surface area contributed by atoms with Gasteiger partial charge in [0.2, 0.25) is 23.6 Å². The first-order chi connectivity index (χ1) is 26.4. The van der Waals surface area contributed by atoms with Gasteiger partial charge in [-0.2, -0.15) is 0 Å². The fourth-order valence-corrected chi connectivity index (χ4v) is 6.69. The number of carbonyl (C=O) groups excluding carboxylic acids is 5. The summed E-state index contributed by atoms with van der Waals surface area (Å²) in [6.07, 6.45) is -21.5. The lowest BCUT2D eigenvalue weighted by Gasteiger charge is -2.50. The van der Waals surface area contributed by atoms with Crippen molar-refractivity contribution in [3.8, 4) is 0 Å². The summed E-state index contributed by atoms with van der Waals surface area (Å²) in [6, 6.07) is -4.58. The van der Waals surface area contributed by atoms with Gasteiger partial charge < -0.3 is 95.3 Å². The van der Waals surface area contributed by atoms with Crippen LogP contribution in [0.5, 0.6) is 0 Å². The zero-order valence-electron chi connectivity index (χ0n) is 30.7. The third-order valence-corrected chi connectivity index (χ3v) is 9.24. The summed E-state index contributed by atoms with van der Waals surface area (Å²) in [6.45, 7) is 1.07. The van der Waals surface area contributed by atoms with Gasteiger partial charge in [0.1, 0.15) is 84.9 Å². The molecule has 56 heavy (non-hydrogen) atoms. The highest BCUT2D eigenvalue weighted by atomic mass is 16.8. The van der Waals surface area contributed by atoms with Gasteiger partial charge in [-0.3, -0.25) is 19.2 Å². The molecule has 24 nitrogen and oxygen atoms in total. The monoisotopic (exact) mass is 810 g/mol. The molecule has 3 fully saturated rings. The van der Waals surface area contributed by atoms with E-state index in [1.165, 1.54) is 0 Å². The first kappa shape index (κ1) is 45.2. The number of nitrogens with one attached hydrogen (secondary N) is 4. The normalized spacial score (nSPS) is 40.1. The second-order valence-corrected chi connectivity index (χ2v) is 13.5. The molecule has 0 spiro atoms. The highest BCUT2D eigenvalue weighted by molar-refractivity contribution is 5.94. The van der Waals surface area contributed by atoms with E-state index >= 15 is 0 Å². The van der Waals surface area contributed by atoms with Crippen LogP contribution in [0.25, 0.3) is 0 Å². The fourth-order valence-electron chi connectivity index (χ4n) is 6.69. The van der Waals surface area contributed by atoms with Gasteiger partial charge in [0.15, 0.2) is 25.0 Å². The van der Waals surface area contributed by atoms with Crippen molar-refractivity contribution >= 4 is 29.6 Å². The third kappa shape index (κ3) is 10.5. The van der Waals surface area contributed by atoms with Crippen molar-refractivity contribution in [1.82, 2.24) is 21.3 Å². The molecular formula is C32H50N4O20. The Balaban J connectivity index is 1.61. The number of hydrogen-bond acceptors (Lipinski definition) is 20. The van der Waals surface area contributed by atoms with Crippen molar-refractivity contribution in [2.75, 3.05) is 26.4 Å². The Labute approximate surface area is 318 Å². The molecule has 0 unspecified atom stereocenters. The maximum absolute atomic E-state index is 12.4. The van der Waals surface area contributed by atoms with Crippen LogP contribution in [0.2, 0.25) is 0 Å². The predicted molar refractivity (Wildman–Crippen MR) is 178 cm³/mol. The van der Waals surface area contributed by atoms with E-state index in [9.17, 15) is 64.8 Å². The predicted octanol–water partition coefficient (Wildman–Crippen LogP) is -7.81. The van der Waals surface area contributed by atoms with Crippen LogP contribution in [0.15, 0.2) is 11.8 Å². The number of aliphatic hydroxyl groups is 8. The van der Waals surface area contributed by atoms with Crippen LogP contribution in [-0.4, -0.2) is 201 Å². The summed E-state index contributed by atoms with van der Waals surface area (Å²) in [4.78, 5) is 60.6. The minimum atomic E-state index is -1.86. The fraction of sp³-hybridized carbons (Fsp3) is 0.781. The van der Waals surface area contributed by atoms with E-state index < -0.39 is 160 Å². The van der Waals surface area contributed by atoms with Crippen LogP contribution in [0.1, 0.15) is 27.7 Å². The molecular weight excluding hydrogens is 760 g/mol. The average Bonchev–Trinajstić information content (AvgIpc) is 3.13. The van der Waals surface area contributed by atoms with Crippen LogP contribution in [0.4, 0.5) is 0 Å². The summed E-state index contributed by atoms with van der Waals surface area (Å²) < 4.78 is 40.4. The minimum absolute atomic E-state index is 0.333. The Morgan fingerprint density at radius 3 is 1.36 bits per heavy atom. The summed E-state index contributed by atoms with van der Waals surface area (Å²) in [5.41, 5.74) is -0.333. The van der Waals surface area contributed by atoms with Crippen molar-refractivity contribution in [3.63, 3.8) is 0 Å². The number of amides is 4. The lowest BCUT2D eigenvalue weighted by atomic mass is 9.93. The van der Waals surface area contributed by atoms with Crippen molar-refractivity contribution in [2.45, 2.75) is 132 Å². The molecule has 17 atom stereocenters. The SMILES string of the molecule is CC(=O)NC1=C[C@H](O[C@@H]2O[C@H](CO)[C@@H](O[C@@H]3O[C@H](CO)[C@@H](O[C@@H]4O[C@H](CO)[C@@H](O)[C@H](O)[C@H]4NC(C)=O)[C@H](O)[C@H]3NC(C)=O)[C@H](O)[C@H]2NC(C)=O)[C@@H](CO)OC1=O. The first-order valence-corrected chi connectivity index (χ1v) is 17.5. The number of esters is 1. The molecule has 4 aliphatic heterocycles. The lowest BCUT2D eigenvalue weighted by Crippen LogP contribution is -2.71. The van der Waals surface area contributed by atoms with Crippen LogP contribution in [0.3, 0.4) is 0 Å². The lowest BCUT2D eigenvalue weighted by molar-refractivity contribution is -0.355. The van der Waals surface area contributed by atoms with E-state index in [0.29, 0.717) is 0 Å². The van der Waals surface area contributed by atoms with E-state index in [4.69, 9.17) is 33.2 Å². The largest absolute Gasteiger partial charge is 0.452 e. The van der Waals surface area contributed by atoms with Gasteiger partial charge in [-0.25, -0.2) is 4.79 Å². The van der Waals surface area contributed by atoms with Crippen LogP contribution < -0.4 is 21.3 Å². The van der Waals surface area contributed by atoms with Gasteiger partial charge in [-0.1, -0.05) is 0 Å². The van der Waals surface area contributed by atoms with E-state index in [2.05, 4.69) is 21.3 Å². The number of carbonyl (C=O) groups is 5. The summed E-state index contributed by atoms with van der Waals surface area (Å²) in [7, 11) is 0. The van der Waals surface area contributed by atoms with Crippen molar-refractivity contribution in [1.29, 1.82) is 0 Å². The van der Waals surface area contributed by atoms with Gasteiger partial charge in [-0.15, -0.1) is 0 Å². The van der Waals surface area contributed by atoms with Crippen molar-refractivity contribution in [2.24, 2.45) is 0 Å². The first-order valence-electron chi connectivity index (χ1n) is 17.5. The number of cyclic esters (lactones) is 1. The summed E-state index contributed by atoms with van der Waals surface area (Å²) in [5, 5.41) is 94.2. The molecule has 4 amide bonds. The maximum atomic E-state index is 12.4. The molecule has 0 aromatic heterocycles. The molecule has 318 valence electrons. The highest BCUT2D eigenvalue weighted by Crippen LogP contribution is 2.34. The molecule has 0 saturated carbocycles. The number of hydrogen-bond donors (Lipinski definition) is 12. The topological polar surface area (TPSA) is 360 Å². The van der Waals surface area contributed by atoms with E-state index in [-0.39, 0.29) is 5.70 Å². The van der Waals surface area contributed by atoms with Gasteiger partial charge >= 0.3 is 5.97 Å². The van der Waals surface area contributed by atoms with Gasteiger partial charge in [0.05, 0.1) is 26.4 Å². The Kier molecular flexibility index (Phi) is 16.0. The van der Waals surface area contributed by atoms with E-state index in [1.54, 1.807) is 0 Å². The zero-order valence-corrected chi connectivity index (χ0v) is 30.7. The standard InChI is InChI=1S/C32H50N4O20/c1-10(41)33-14-5-15(16(6-37)50-29(14)49)51-30-21(35-12(3)43)25(47)27(18(8-39)53-30)56-32-22(36-13(4)44)26(48)28(19(9-40)54-32)55-31-20(34-11(2)42)24(46)23(45)17(7-38)52-31/h5,15-28,30-32,37-40,45-48H,6-9H2,1-4H3,(H,33,41)(H,34,42)(H,35,43)(H,36,44)/t15-,16+,17+,18+,19+,20+,21+,22+,23+,24+,25+,26+,27+,28+,30+,31-,32-/m0/s1. The Morgan fingerprint density at radius 1 is 0.571 bits per heavy atom. The Hall–Kier alpha value is -3.47. The molecule has 0 aromatic rings. The van der Waals surface area contributed by atoms with Gasteiger partial charge in [0.25, 0.3) is 0 Å². The summed E-state index contributed by atoms with van der Waals surface area (Å²) in [5.74, 6) is -3.73. The van der Waals surface area contributed by atoms with Crippen molar-refractivity contribution < 1.29 is 98.0 Å². The smallest absolute Gasteiger partial charge is 0.355 e. The molecule has 4 aliphatic rings. The Bertz CT molecular complexity index is 1440. The van der Waals surface area contributed by atoms with Gasteiger partial charge in [0, 0.05) is 27.7 Å². The molecule has 4 rings (SSSR count). The van der Waals surface area contributed by atoms with Gasteiger partial charge in [-0.05, 0) is 6.08 Å². The number of ether oxygens (including phenoxy) is 7. The quantitative estimate of drug-likeness (QED) is 0.0725. The Morgan fingerprint density at radius 2 is 0.964 bits per heavy atom.